The lowest BCUT2D eigenvalue weighted by Gasteiger charge is -2.02. The van der Waals surface area contributed by atoms with E-state index in [1.807, 2.05) is 0 Å². The Morgan fingerprint density at radius 3 is 3.00 bits per heavy atom. The lowest BCUT2D eigenvalue weighted by atomic mass is 10.3. The second-order valence-electron chi connectivity index (χ2n) is 1.86. The maximum Gasteiger partial charge on any atom is 0.141 e. The molecule has 0 spiro atoms. The van der Waals surface area contributed by atoms with E-state index in [-0.39, 0.29) is 0 Å². The minimum atomic E-state index is 0.380. The molecule has 1 aromatic heterocycles. The third-order valence-corrected chi connectivity index (χ3v) is 1.62. The molecule has 58 valence electrons. The van der Waals surface area contributed by atoms with Gasteiger partial charge in [0.1, 0.15) is 16.5 Å². The molecule has 0 aromatic carbocycles. The second kappa shape index (κ2) is 3.34. The van der Waals surface area contributed by atoms with Crippen LogP contribution < -0.4 is 4.74 Å². The van der Waals surface area contributed by atoms with Gasteiger partial charge in [0.15, 0.2) is 0 Å². The Hall–Kier alpha value is -1.09. The maximum absolute atomic E-state index is 6.93. The van der Waals surface area contributed by atoms with Crippen molar-refractivity contribution >= 4 is 17.8 Å². The molecule has 1 aromatic rings. The van der Waals surface area contributed by atoms with E-state index in [0.717, 1.165) is 6.21 Å². The largest absolute Gasteiger partial charge is 0.495 e. The van der Waals surface area contributed by atoms with Gasteiger partial charge in [-0.25, -0.2) is 0 Å². The number of nitrogens with zero attached hydrogens (tertiary/aromatic N) is 1. The van der Waals surface area contributed by atoms with E-state index < -0.39 is 0 Å². The van der Waals surface area contributed by atoms with Crippen molar-refractivity contribution in [3.63, 3.8) is 0 Å². The van der Waals surface area contributed by atoms with Crippen molar-refractivity contribution in [1.82, 2.24) is 4.98 Å². The topological polar surface area (TPSA) is 46.0 Å². The molecule has 11 heavy (non-hydrogen) atoms. The van der Waals surface area contributed by atoms with Crippen LogP contribution in [-0.4, -0.2) is 18.3 Å². The summed E-state index contributed by atoms with van der Waals surface area (Å²) < 4.78 is 4.91. The Balaban J connectivity index is 3.20. The number of ether oxygens (including phenoxy) is 1. The quantitative estimate of drug-likeness (QED) is 0.688. The Labute approximate surface area is 69.5 Å². The van der Waals surface area contributed by atoms with Crippen molar-refractivity contribution in [3.8, 4) is 5.75 Å². The highest BCUT2D eigenvalue weighted by atomic mass is 35.5. The first-order valence-corrected chi connectivity index (χ1v) is 3.36. The standard InChI is InChI=1S/C7H7ClN2O/c1-11-6-2-3-10-5(4-9)7(6)8/h2-4,9H,1H3. The molecular formula is C7H7ClN2O. The molecule has 0 saturated carbocycles. The van der Waals surface area contributed by atoms with Gasteiger partial charge in [0.2, 0.25) is 0 Å². The van der Waals surface area contributed by atoms with E-state index in [2.05, 4.69) is 4.98 Å². The first kappa shape index (κ1) is 8.01. The van der Waals surface area contributed by atoms with Crippen LogP contribution in [0.15, 0.2) is 12.3 Å². The minimum absolute atomic E-state index is 0.380. The second-order valence-corrected chi connectivity index (χ2v) is 2.23. The van der Waals surface area contributed by atoms with Crippen LogP contribution in [0.3, 0.4) is 0 Å². The molecule has 3 nitrogen and oxygen atoms in total. The van der Waals surface area contributed by atoms with Crippen LogP contribution >= 0.6 is 11.6 Å². The van der Waals surface area contributed by atoms with Crippen LogP contribution in [0.4, 0.5) is 0 Å². The number of hydrogen-bond donors (Lipinski definition) is 1. The van der Waals surface area contributed by atoms with Gasteiger partial charge in [0.25, 0.3) is 0 Å². The normalized spacial score (nSPS) is 9.27. The number of methoxy groups -OCH3 is 1. The van der Waals surface area contributed by atoms with Crippen molar-refractivity contribution < 1.29 is 4.74 Å². The van der Waals surface area contributed by atoms with Gasteiger partial charge >= 0.3 is 0 Å². The molecule has 0 aliphatic rings. The predicted octanol–water partition coefficient (Wildman–Crippen LogP) is 1.74. The molecule has 0 aliphatic carbocycles. The smallest absolute Gasteiger partial charge is 0.141 e. The Morgan fingerprint density at radius 2 is 2.45 bits per heavy atom. The summed E-state index contributed by atoms with van der Waals surface area (Å²) in [5, 5.41) is 7.31. The molecule has 0 aliphatic heterocycles. The minimum Gasteiger partial charge on any atom is -0.495 e. The summed E-state index contributed by atoms with van der Waals surface area (Å²) in [4.78, 5) is 3.85. The number of nitrogens with one attached hydrogen (secondary N) is 1. The number of pyridine rings is 1. The van der Waals surface area contributed by atoms with E-state index >= 15 is 0 Å². The van der Waals surface area contributed by atoms with Crippen molar-refractivity contribution in [3.05, 3.63) is 23.0 Å². The van der Waals surface area contributed by atoms with Crippen LogP contribution in [0, 0.1) is 5.41 Å². The number of aromatic nitrogens is 1. The molecule has 0 amide bonds. The van der Waals surface area contributed by atoms with Gasteiger partial charge in [-0.1, -0.05) is 11.6 Å². The summed E-state index contributed by atoms with van der Waals surface area (Å²) in [5.41, 5.74) is 0.422. The van der Waals surface area contributed by atoms with Crippen LogP contribution in [0.5, 0.6) is 5.75 Å². The van der Waals surface area contributed by atoms with Crippen LogP contribution in [0.25, 0.3) is 0 Å². The number of halogens is 1. The zero-order chi connectivity index (χ0) is 8.27. The fraction of sp³-hybridized carbons (Fsp3) is 0.143. The van der Waals surface area contributed by atoms with Crippen LogP contribution in [0.2, 0.25) is 5.02 Å². The molecule has 4 heteroatoms. The molecule has 1 N–H and O–H groups in total. The van der Waals surface area contributed by atoms with Gasteiger partial charge in [0, 0.05) is 18.5 Å². The van der Waals surface area contributed by atoms with E-state index in [0.29, 0.717) is 16.5 Å². The Bertz CT molecular complexity index is 275. The van der Waals surface area contributed by atoms with E-state index in [9.17, 15) is 0 Å². The van der Waals surface area contributed by atoms with E-state index in [4.69, 9.17) is 21.7 Å². The van der Waals surface area contributed by atoms with Gasteiger partial charge in [-0.15, -0.1) is 0 Å². The molecule has 0 radical (unpaired) electrons. The fourth-order valence-corrected chi connectivity index (χ4v) is 0.943. The monoisotopic (exact) mass is 170 g/mol. The zero-order valence-corrected chi connectivity index (χ0v) is 6.72. The van der Waals surface area contributed by atoms with Crippen molar-refractivity contribution in [2.45, 2.75) is 0 Å². The van der Waals surface area contributed by atoms with Crippen molar-refractivity contribution in [2.75, 3.05) is 7.11 Å². The highest BCUT2D eigenvalue weighted by Gasteiger charge is 2.03. The molecule has 0 atom stereocenters. The fourth-order valence-electron chi connectivity index (χ4n) is 0.700. The Morgan fingerprint density at radius 1 is 1.73 bits per heavy atom. The van der Waals surface area contributed by atoms with Gasteiger partial charge < -0.3 is 10.1 Å². The average Bonchev–Trinajstić information content (AvgIpc) is 2.05. The zero-order valence-electron chi connectivity index (χ0n) is 5.97. The van der Waals surface area contributed by atoms with Gasteiger partial charge in [-0.3, -0.25) is 4.98 Å². The molecule has 0 unspecified atom stereocenters. The SMILES string of the molecule is COc1ccnc(C=N)c1Cl. The molecule has 1 heterocycles. The lowest BCUT2D eigenvalue weighted by Crippen LogP contribution is -1.91. The summed E-state index contributed by atoms with van der Waals surface area (Å²) >= 11 is 5.77. The predicted molar refractivity (Wildman–Crippen MR) is 43.7 cm³/mol. The first-order chi connectivity index (χ1) is 5.29. The van der Waals surface area contributed by atoms with Crippen molar-refractivity contribution in [1.29, 1.82) is 5.41 Å². The molecule has 0 bridgehead atoms. The molecule has 1 rings (SSSR count). The van der Waals surface area contributed by atoms with Gasteiger partial charge in [-0.05, 0) is 0 Å². The molecular weight excluding hydrogens is 164 g/mol. The number of hydrogen-bond acceptors (Lipinski definition) is 3. The first-order valence-electron chi connectivity index (χ1n) is 2.98. The maximum atomic E-state index is 6.93. The third-order valence-electron chi connectivity index (χ3n) is 1.24. The molecule has 0 fully saturated rings. The summed E-state index contributed by atoms with van der Waals surface area (Å²) in [6.45, 7) is 0. The summed E-state index contributed by atoms with van der Waals surface area (Å²) in [7, 11) is 1.52. The van der Waals surface area contributed by atoms with Gasteiger partial charge in [-0.2, -0.15) is 0 Å². The highest BCUT2D eigenvalue weighted by Crippen LogP contribution is 2.24. The summed E-state index contributed by atoms with van der Waals surface area (Å²) in [6.07, 6.45) is 2.63. The van der Waals surface area contributed by atoms with E-state index in [1.165, 1.54) is 7.11 Å². The number of rotatable bonds is 2. The summed E-state index contributed by atoms with van der Waals surface area (Å²) in [6, 6.07) is 1.65. The molecule has 0 saturated heterocycles. The highest BCUT2D eigenvalue weighted by molar-refractivity contribution is 6.34. The lowest BCUT2D eigenvalue weighted by molar-refractivity contribution is 0.414. The van der Waals surface area contributed by atoms with E-state index in [1.54, 1.807) is 12.3 Å². The van der Waals surface area contributed by atoms with Crippen LogP contribution in [-0.2, 0) is 0 Å². The van der Waals surface area contributed by atoms with Gasteiger partial charge in [0.05, 0.1) is 7.11 Å². The summed E-state index contributed by atoms with van der Waals surface area (Å²) in [5.74, 6) is 0.542. The van der Waals surface area contributed by atoms with Crippen LogP contribution in [0.1, 0.15) is 5.69 Å². The average molecular weight is 171 g/mol. The third kappa shape index (κ3) is 1.49. The Kier molecular flexibility index (Phi) is 2.44. The van der Waals surface area contributed by atoms with Crippen molar-refractivity contribution in [2.24, 2.45) is 0 Å².